The minimum Gasteiger partial charge on any atom is -0.462 e. The van der Waals surface area contributed by atoms with Crippen LogP contribution in [-0.4, -0.2) is 98.3 Å². The average Bonchev–Trinajstić information content (AvgIpc) is 3.26. The van der Waals surface area contributed by atoms with Crippen molar-refractivity contribution in [1.29, 1.82) is 0 Å². The molecule has 0 aromatic carbocycles. The number of phosphoric ester groups is 1. The molecule has 6 unspecified atom stereocenters. The molecule has 1 aliphatic rings. The summed E-state index contributed by atoms with van der Waals surface area (Å²) < 4.78 is 33.6. The molecule has 1 aliphatic carbocycles. The van der Waals surface area contributed by atoms with Crippen LogP contribution in [-0.2, 0) is 32.7 Å². The van der Waals surface area contributed by atoms with Crippen LogP contribution in [0.25, 0.3) is 0 Å². The summed E-state index contributed by atoms with van der Waals surface area (Å²) >= 11 is 0. The van der Waals surface area contributed by atoms with Crippen molar-refractivity contribution in [3.8, 4) is 0 Å². The van der Waals surface area contributed by atoms with Gasteiger partial charge in [0.1, 0.15) is 43.2 Å². The van der Waals surface area contributed by atoms with Crippen molar-refractivity contribution in [2.45, 2.75) is 249 Å². The molecule has 14 heteroatoms. The van der Waals surface area contributed by atoms with E-state index >= 15 is 0 Å². The number of carbonyl (C=O) groups is 2. The highest BCUT2D eigenvalue weighted by Gasteiger charge is 2.51. The molecule has 8 atom stereocenters. The summed E-state index contributed by atoms with van der Waals surface area (Å²) in [4.78, 5) is 35.8. The van der Waals surface area contributed by atoms with Gasteiger partial charge in [0.25, 0.3) is 0 Å². The summed E-state index contributed by atoms with van der Waals surface area (Å²) in [5.41, 5.74) is 0. The van der Waals surface area contributed by atoms with E-state index in [1.54, 1.807) is 0 Å². The molecule has 0 saturated heterocycles. The van der Waals surface area contributed by atoms with Gasteiger partial charge in [-0.15, -0.1) is 0 Å². The number of unbranched alkanes of at least 4 members (excludes halogenated alkanes) is 23. The molecule has 0 aromatic heterocycles. The standard InChI is InChI=1S/C49H89O13P/c1-3-5-7-9-11-13-15-17-19-20-21-22-24-25-27-29-31-33-35-37-42(50)59-39-41(40-60-63(57,58)62-49-47(55)45(53)44(52)46(54)48(49)56)61-43(51)38-36-34-32-30-28-26-23-18-16-14-12-10-8-6-4-2/h11,13,17,19,26,28,41,44-49,52-56H,3-10,12,14-16,18,20-25,27,29-40H2,1-2H3,(H,57,58)/b13-11+,19-17+,28-26+/t41-,44?,45-,46?,47?,48?,49?/m0/s1. The minimum absolute atomic E-state index is 0.0764. The first-order valence-electron chi connectivity index (χ1n) is 24.8. The molecule has 63 heavy (non-hydrogen) atoms. The molecule has 0 spiro atoms. The minimum atomic E-state index is -5.12. The first-order valence-corrected chi connectivity index (χ1v) is 26.3. The molecule has 368 valence electrons. The number of carbonyl (C=O) groups excluding carboxylic acids is 2. The van der Waals surface area contributed by atoms with Crippen LogP contribution < -0.4 is 0 Å². The predicted molar refractivity (Wildman–Crippen MR) is 249 cm³/mol. The Bertz CT molecular complexity index is 1240. The summed E-state index contributed by atoms with van der Waals surface area (Å²) in [6.07, 6.45) is 31.9. The van der Waals surface area contributed by atoms with E-state index < -0.39 is 75.7 Å². The normalized spacial score (nSPS) is 22.0. The number of phosphoric acid groups is 1. The fourth-order valence-corrected chi connectivity index (χ4v) is 8.40. The molecule has 1 rings (SSSR count). The number of hydrogen-bond donors (Lipinski definition) is 6. The Morgan fingerprint density at radius 3 is 1.35 bits per heavy atom. The van der Waals surface area contributed by atoms with Crippen molar-refractivity contribution in [2.75, 3.05) is 13.2 Å². The van der Waals surface area contributed by atoms with Crippen LogP contribution in [0.2, 0.25) is 0 Å². The van der Waals surface area contributed by atoms with Gasteiger partial charge in [0, 0.05) is 12.8 Å². The lowest BCUT2D eigenvalue weighted by Crippen LogP contribution is -2.64. The van der Waals surface area contributed by atoms with Crippen LogP contribution in [0.3, 0.4) is 0 Å². The molecule has 1 saturated carbocycles. The van der Waals surface area contributed by atoms with E-state index in [2.05, 4.69) is 50.3 Å². The lowest BCUT2D eigenvalue weighted by atomic mass is 9.85. The second-order valence-electron chi connectivity index (χ2n) is 17.3. The Kier molecular flexibility index (Phi) is 36.8. The summed E-state index contributed by atoms with van der Waals surface area (Å²) in [6, 6.07) is 0. The summed E-state index contributed by atoms with van der Waals surface area (Å²) in [5, 5.41) is 50.2. The van der Waals surface area contributed by atoms with E-state index in [0.29, 0.717) is 12.8 Å². The first kappa shape index (κ1) is 59.1. The molecular weight excluding hydrogens is 827 g/mol. The average molecular weight is 917 g/mol. The Morgan fingerprint density at radius 2 is 0.857 bits per heavy atom. The smallest absolute Gasteiger partial charge is 0.462 e. The number of aliphatic hydroxyl groups excluding tert-OH is 5. The van der Waals surface area contributed by atoms with Gasteiger partial charge in [0.05, 0.1) is 6.61 Å². The van der Waals surface area contributed by atoms with Crippen molar-refractivity contribution >= 4 is 19.8 Å². The highest BCUT2D eigenvalue weighted by molar-refractivity contribution is 7.47. The zero-order valence-electron chi connectivity index (χ0n) is 39.1. The second kappa shape index (κ2) is 39.3. The molecule has 0 aliphatic heterocycles. The van der Waals surface area contributed by atoms with Crippen molar-refractivity contribution < 1.29 is 63.1 Å². The van der Waals surface area contributed by atoms with Crippen molar-refractivity contribution in [1.82, 2.24) is 0 Å². The fraction of sp³-hybridized carbons (Fsp3) is 0.837. The Balaban J connectivity index is 2.42. The quantitative estimate of drug-likeness (QED) is 0.0146. The molecule has 0 bridgehead atoms. The van der Waals surface area contributed by atoms with Gasteiger partial charge in [0.15, 0.2) is 6.10 Å². The van der Waals surface area contributed by atoms with E-state index in [1.165, 1.54) is 103 Å². The van der Waals surface area contributed by atoms with Crippen LogP contribution in [0.15, 0.2) is 36.5 Å². The first-order chi connectivity index (χ1) is 30.4. The van der Waals surface area contributed by atoms with E-state index in [1.807, 2.05) is 0 Å². The van der Waals surface area contributed by atoms with Crippen molar-refractivity contribution in [3.63, 3.8) is 0 Å². The van der Waals surface area contributed by atoms with Gasteiger partial charge < -0.3 is 39.9 Å². The molecule has 6 N–H and O–H groups in total. The maximum absolute atomic E-state index is 12.8. The zero-order chi connectivity index (χ0) is 46.4. The fourth-order valence-electron chi connectivity index (χ4n) is 7.43. The number of ether oxygens (including phenoxy) is 2. The third-order valence-corrected chi connectivity index (χ3v) is 12.4. The highest BCUT2D eigenvalue weighted by atomic mass is 31.2. The lowest BCUT2D eigenvalue weighted by molar-refractivity contribution is -0.220. The van der Waals surface area contributed by atoms with Crippen molar-refractivity contribution in [3.05, 3.63) is 36.5 Å². The van der Waals surface area contributed by atoms with E-state index in [4.69, 9.17) is 18.5 Å². The monoisotopic (exact) mass is 917 g/mol. The Morgan fingerprint density at radius 1 is 0.492 bits per heavy atom. The van der Waals surface area contributed by atoms with Gasteiger partial charge in [0.2, 0.25) is 0 Å². The highest BCUT2D eigenvalue weighted by Crippen LogP contribution is 2.47. The maximum Gasteiger partial charge on any atom is 0.472 e. The molecular formula is C49H89O13P. The Labute approximate surface area is 380 Å². The van der Waals surface area contributed by atoms with Crippen LogP contribution in [0, 0.1) is 0 Å². The molecule has 13 nitrogen and oxygen atoms in total. The molecule has 0 aromatic rings. The molecule has 1 fully saturated rings. The van der Waals surface area contributed by atoms with Gasteiger partial charge >= 0.3 is 19.8 Å². The predicted octanol–water partition coefficient (Wildman–Crippen LogP) is 10.2. The third-order valence-electron chi connectivity index (χ3n) is 11.5. The van der Waals surface area contributed by atoms with Gasteiger partial charge in [-0.1, -0.05) is 159 Å². The summed E-state index contributed by atoms with van der Waals surface area (Å²) in [7, 11) is -5.12. The maximum atomic E-state index is 12.8. The Hall–Kier alpha value is -1.93. The van der Waals surface area contributed by atoms with Gasteiger partial charge in [-0.3, -0.25) is 18.6 Å². The van der Waals surface area contributed by atoms with Crippen LogP contribution >= 0.6 is 7.82 Å². The molecule has 0 amide bonds. The van der Waals surface area contributed by atoms with Crippen LogP contribution in [0.4, 0.5) is 0 Å². The SMILES string of the molecule is CCCCC/C=C/C/C=C/CCCCCCCCCCCC(=O)OC[C@@H](COP(=O)(O)OC1C(O)C(O)C(O)[C@H](O)C1O)OC(=O)CCCCC/C=C/CCCCCCCCCC. The van der Waals surface area contributed by atoms with E-state index in [9.17, 15) is 44.6 Å². The van der Waals surface area contributed by atoms with Crippen LogP contribution in [0.5, 0.6) is 0 Å². The summed E-state index contributed by atoms with van der Waals surface area (Å²) in [5.74, 6) is -1.12. The zero-order valence-corrected chi connectivity index (χ0v) is 40.0. The second-order valence-corrected chi connectivity index (χ2v) is 18.7. The number of hydrogen-bond acceptors (Lipinski definition) is 12. The van der Waals surface area contributed by atoms with E-state index in [-0.39, 0.29) is 12.8 Å². The molecule has 0 radical (unpaired) electrons. The largest absolute Gasteiger partial charge is 0.472 e. The summed E-state index contributed by atoms with van der Waals surface area (Å²) in [6.45, 7) is 3.27. The number of aliphatic hydroxyl groups is 5. The van der Waals surface area contributed by atoms with E-state index in [0.717, 1.165) is 64.2 Å². The third kappa shape index (κ3) is 31.6. The topological polar surface area (TPSA) is 210 Å². The van der Waals surface area contributed by atoms with Gasteiger partial charge in [-0.25, -0.2) is 4.57 Å². The number of rotatable bonds is 41. The lowest BCUT2D eigenvalue weighted by Gasteiger charge is -2.41. The van der Waals surface area contributed by atoms with Crippen molar-refractivity contribution in [2.24, 2.45) is 0 Å². The molecule has 0 heterocycles. The van der Waals surface area contributed by atoms with Crippen LogP contribution in [0.1, 0.15) is 206 Å². The number of esters is 2. The number of allylic oxidation sites excluding steroid dienone is 6. The van der Waals surface area contributed by atoms with Gasteiger partial charge in [-0.05, 0) is 70.6 Å². The van der Waals surface area contributed by atoms with Gasteiger partial charge in [-0.2, -0.15) is 0 Å².